The SMILES string of the molecule is Cc1ccc(NC(=O)/C(C#N)=C\c2ccc(Oc3ccc([N+](=O)[O-])cn3)cc2)c(C)c1. The average Bonchev–Trinajstić information content (AvgIpc) is 2.75. The highest BCUT2D eigenvalue weighted by atomic mass is 16.6. The van der Waals surface area contributed by atoms with E-state index >= 15 is 0 Å². The summed E-state index contributed by atoms with van der Waals surface area (Å²) in [6, 6.07) is 16.9. The molecule has 0 saturated carbocycles. The van der Waals surface area contributed by atoms with Crippen molar-refractivity contribution in [1.29, 1.82) is 5.26 Å². The van der Waals surface area contributed by atoms with Crippen LogP contribution in [-0.2, 0) is 4.79 Å². The van der Waals surface area contributed by atoms with Crippen LogP contribution >= 0.6 is 0 Å². The number of anilines is 1. The van der Waals surface area contributed by atoms with Crippen LogP contribution in [0.25, 0.3) is 6.08 Å². The molecule has 0 aliphatic heterocycles. The van der Waals surface area contributed by atoms with Crippen LogP contribution in [-0.4, -0.2) is 15.8 Å². The summed E-state index contributed by atoms with van der Waals surface area (Å²) in [7, 11) is 0. The lowest BCUT2D eigenvalue weighted by molar-refractivity contribution is -0.385. The van der Waals surface area contributed by atoms with Crippen LogP contribution < -0.4 is 10.1 Å². The van der Waals surface area contributed by atoms with E-state index in [0.717, 1.165) is 17.3 Å². The highest BCUT2D eigenvalue weighted by Gasteiger charge is 2.11. The molecule has 0 atom stereocenters. The Morgan fingerprint density at radius 3 is 2.48 bits per heavy atom. The number of carbonyl (C=O) groups is 1. The number of hydrogen-bond acceptors (Lipinski definition) is 6. The molecule has 8 heteroatoms. The first kappa shape index (κ1) is 21.2. The maximum absolute atomic E-state index is 12.5. The zero-order valence-corrected chi connectivity index (χ0v) is 16.8. The molecule has 0 fully saturated rings. The Hall–Kier alpha value is -4.51. The molecule has 1 heterocycles. The molecule has 31 heavy (non-hydrogen) atoms. The molecule has 0 radical (unpaired) electrons. The van der Waals surface area contributed by atoms with Gasteiger partial charge in [-0.25, -0.2) is 4.98 Å². The van der Waals surface area contributed by atoms with Crippen molar-refractivity contribution >= 4 is 23.4 Å². The summed E-state index contributed by atoms with van der Waals surface area (Å²) >= 11 is 0. The van der Waals surface area contributed by atoms with Gasteiger partial charge in [0.2, 0.25) is 5.88 Å². The molecule has 1 amide bonds. The van der Waals surface area contributed by atoms with Crippen molar-refractivity contribution in [3.8, 4) is 17.7 Å². The fourth-order valence-electron chi connectivity index (χ4n) is 2.75. The molecule has 1 N–H and O–H groups in total. The minimum absolute atomic E-state index is 0.0364. The summed E-state index contributed by atoms with van der Waals surface area (Å²) in [5.74, 6) is 0.168. The summed E-state index contributed by atoms with van der Waals surface area (Å²) in [6.45, 7) is 3.85. The number of benzene rings is 2. The number of amides is 1. The number of hydrogen-bond donors (Lipinski definition) is 1. The monoisotopic (exact) mass is 414 g/mol. The van der Waals surface area contributed by atoms with Gasteiger partial charge in [-0.2, -0.15) is 5.26 Å². The van der Waals surface area contributed by atoms with Crippen LogP contribution in [0.5, 0.6) is 11.6 Å². The number of aromatic nitrogens is 1. The van der Waals surface area contributed by atoms with Gasteiger partial charge in [-0.1, -0.05) is 29.8 Å². The molecular formula is C23H18N4O4. The Labute approximate surface area is 178 Å². The normalized spacial score (nSPS) is 10.8. The number of nitro groups is 1. The van der Waals surface area contributed by atoms with Crippen molar-refractivity contribution < 1.29 is 14.5 Å². The molecule has 1 aromatic heterocycles. The first-order valence-corrected chi connectivity index (χ1v) is 9.24. The van der Waals surface area contributed by atoms with Gasteiger partial charge in [-0.05, 0) is 49.2 Å². The van der Waals surface area contributed by atoms with Crippen LogP contribution in [0.3, 0.4) is 0 Å². The zero-order valence-electron chi connectivity index (χ0n) is 16.8. The fraction of sp³-hybridized carbons (Fsp3) is 0.0870. The number of nitriles is 1. The van der Waals surface area contributed by atoms with Crippen molar-refractivity contribution in [3.63, 3.8) is 0 Å². The van der Waals surface area contributed by atoms with Gasteiger partial charge in [0, 0.05) is 17.8 Å². The van der Waals surface area contributed by atoms with Gasteiger partial charge in [-0.3, -0.25) is 14.9 Å². The third kappa shape index (κ3) is 5.52. The van der Waals surface area contributed by atoms with E-state index in [2.05, 4.69) is 10.3 Å². The number of nitrogens with zero attached hydrogens (tertiary/aromatic N) is 3. The summed E-state index contributed by atoms with van der Waals surface area (Å²) in [5, 5.41) is 22.8. The van der Waals surface area contributed by atoms with E-state index in [0.29, 0.717) is 17.0 Å². The minimum Gasteiger partial charge on any atom is -0.439 e. The Morgan fingerprint density at radius 1 is 1.16 bits per heavy atom. The Morgan fingerprint density at radius 2 is 1.90 bits per heavy atom. The molecule has 8 nitrogen and oxygen atoms in total. The molecule has 0 aliphatic carbocycles. The third-order valence-electron chi connectivity index (χ3n) is 4.34. The smallest absolute Gasteiger partial charge is 0.287 e. The molecule has 2 aromatic carbocycles. The van der Waals surface area contributed by atoms with E-state index in [4.69, 9.17) is 4.74 Å². The maximum Gasteiger partial charge on any atom is 0.287 e. The van der Waals surface area contributed by atoms with E-state index in [1.54, 1.807) is 30.3 Å². The van der Waals surface area contributed by atoms with Crippen molar-refractivity contribution in [2.45, 2.75) is 13.8 Å². The van der Waals surface area contributed by atoms with Gasteiger partial charge >= 0.3 is 0 Å². The Bertz CT molecular complexity index is 1190. The molecule has 0 aliphatic rings. The lowest BCUT2D eigenvalue weighted by atomic mass is 10.1. The van der Waals surface area contributed by atoms with Crippen LogP contribution in [0.1, 0.15) is 16.7 Å². The third-order valence-corrected chi connectivity index (χ3v) is 4.34. The van der Waals surface area contributed by atoms with Crippen LogP contribution in [0, 0.1) is 35.3 Å². The molecule has 3 aromatic rings. The van der Waals surface area contributed by atoms with Crippen molar-refractivity contribution in [1.82, 2.24) is 4.98 Å². The number of nitrogens with one attached hydrogen (secondary N) is 1. The zero-order chi connectivity index (χ0) is 22.4. The number of aryl methyl sites for hydroxylation is 2. The molecule has 154 valence electrons. The van der Waals surface area contributed by atoms with E-state index in [1.807, 2.05) is 32.0 Å². The Kier molecular flexibility index (Phi) is 6.38. The summed E-state index contributed by atoms with van der Waals surface area (Å²) in [5.41, 5.74) is 3.11. The van der Waals surface area contributed by atoms with E-state index < -0.39 is 10.8 Å². The highest BCUT2D eigenvalue weighted by molar-refractivity contribution is 6.09. The molecular weight excluding hydrogens is 396 g/mol. The van der Waals surface area contributed by atoms with Crippen LogP contribution in [0.15, 0.2) is 66.4 Å². The largest absolute Gasteiger partial charge is 0.439 e. The number of carbonyl (C=O) groups excluding carboxylic acids is 1. The average molecular weight is 414 g/mol. The molecule has 0 spiro atoms. The van der Waals surface area contributed by atoms with Crippen molar-refractivity contribution in [2.75, 3.05) is 5.32 Å². The van der Waals surface area contributed by atoms with Crippen molar-refractivity contribution in [3.05, 3.63) is 93.2 Å². The second-order valence-electron chi connectivity index (χ2n) is 6.73. The van der Waals surface area contributed by atoms with Crippen LogP contribution in [0.4, 0.5) is 11.4 Å². The summed E-state index contributed by atoms with van der Waals surface area (Å²) in [4.78, 5) is 26.5. The van der Waals surface area contributed by atoms with Gasteiger partial charge in [0.05, 0.1) is 4.92 Å². The van der Waals surface area contributed by atoms with Gasteiger partial charge < -0.3 is 10.1 Å². The van der Waals surface area contributed by atoms with Gasteiger partial charge in [0.25, 0.3) is 11.6 Å². The summed E-state index contributed by atoms with van der Waals surface area (Å²) < 4.78 is 5.55. The number of pyridine rings is 1. The number of rotatable bonds is 6. The van der Waals surface area contributed by atoms with Crippen molar-refractivity contribution in [2.24, 2.45) is 0 Å². The number of ether oxygens (including phenoxy) is 1. The molecule has 0 bridgehead atoms. The quantitative estimate of drug-likeness (QED) is 0.264. The predicted octanol–water partition coefficient (Wildman–Crippen LogP) is 4.94. The van der Waals surface area contributed by atoms with E-state index in [-0.39, 0.29) is 17.1 Å². The lowest BCUT2D eigenvalue weighted by Gasteiger charge is -2.08. The standard InChI is InChI=1S/C23H18N4O4/c1-15-3-9-21(16(2)11-15)26-23(28)18(13-24)12-17-4-7-20(8-5-17)31-22-10-6-19(14-25-22)27(29)30/h3-12,14H,1-2H3,(H,26,28)/b18-12-. The van der Waals surface area contributed by atoms with E-state index in [9.17, 15) is 20.2 Å². The second kappa shape index (κ2) is 9.33. The van der Waals surface area contributed by atoms with Crippen LogP contribution in [0.2, 0.25) is 0 Å². The van der Waals surface area contributed by atoms with E-state index in [1.165, 1.54) is 18.2 Å². The lowest BCUT2D eigenvalue weighted by Crippen LogP contribution is -2.14. The minimum atomic E-state index is -0.541. The highest BCUT2D eigenvalue weighted by Crippen LogP contribution is 2.23. The first-order valence-electron chi connectivity index (χ1n) is 9.24. The molecule has 0 unspecified atom stereocenters. The molecule has 3 rings (SSSR count). The second-order valence-corrected chi connectivity index (χ2v) is 6.73. The van der Waals surface area contributed by atoms with Gasteiger partial charge in [-0.15, -0.1) is 0 Å². The van der Waals surface area contributed by atoms with Gasteiger partial charge in [0.15, 0.2) is 0 Å². The Balaban J connectivity index is 1.70. The predicted molar refractivity (Wildman–Crippen MR) is 116 cm³/mol. The fourth-order valence-corrected chi connectivity index (χ4v) is 2.75. The topological polar surface area (TPSA) is 118 Å². The molecule has 0 saturated heterocycles. The van der Waals surface area contributed by atoms with Gasteiger partial charge in [0.1, 0.15) is 23.6 Å². The summed E-state index contributed by atoms with van der Waals surface area (Å²) in [6.07, 6.45) is 2.59. The first-order chi connectivity index (χ1) is 14.9. The maximum atomic E-state index is 12.5.